The molecule has 1 heterocycles. The summed E-state index contributed by atoms with van der Waals surface area (Å²) in [5.41, 5.74) is 2.94. The first kappa shape index (κ1) is 15.2. The molecule has 21 heavy (non-hydrogen) atoms. The summed E-state index contributed by atoms with van der Waals surface area (Å²) in [5, 5.41) is 11.2. The van der Waals surface area contributed by atoms with Crippen molar-refractivity contribution in [2.45, 2.75) is 13.5 Å². The number of amides is 1. The van der Waals surface area contributed by atoms with E-state index in [1.807, 2.05) is 6.92 Å². The molecule has 4 nitrogen and oxygen atoms in total. The van der Waals surface area contributed by atoms with Gasteiger partial charge in [0.1, 0.15) is 12.4 Å². The van der Waals surface area contributed by atoms with Crippen LogP contribution in [0.5, 0.6) is 0 Å². The molecule has 2 rings (SSSR count). The Balaban J connectivity index is 2.07. The lowest BCUT2D eigenvalue weighted by molar-refractivity contribution is 0.0947. The van der Waals surface area contributed by atoms with Crippen molar-refractivity contribution >= 4 is 17.2 Å². The van der Waals surface area contributed by atoms with Gasteiger partial charge in [-0.3, -0.25) is 4.79 Å². The minimum absolute atomic E-state index is 0.0354. The van der Waals surface area contributed by atoms with Crippen molar-refractivity contribution in [2.75, 3.05) is 6.61 Å². The summed E-state index contributed by atoms with van der Waals surface area (Å²) in [5.74, 6) is 3.88. The number of benzene rings is 1. The predicted octanol–water partition coefficient (Wildman–Crippen LogP) is 1.86. The number of nitrogens with zero attached hydrogens (tertiary/aromatic N) is 1. The van der Waals surface area contributed by atoms with E-state index in [4.69, 9.17) is 5.11 Å². The van der Waals surface area contributed by atoms with E-state index >= 15 is 0 Å². The molecule has 0 spiro atoms. The minimum atomic E-state index is -0.640. The molecule has 0 aliphatic carbocycles. The molecule has 1 aromatic heterocycles. The van der Waals surface area contributed by atoms with Crippen LogP contribution in [0.25, 0.3) is 0 Å². The number of rotatable bonds is 3. The highest BCUT2D eigenvalue weighted by molar-refractivity contribution is 7.09. The normalized spacial score (nSPS) is 9.86. The number of thiazole rings is 1. The zero-order chi connectivity index (χ0) is 15.2. The van der Waals surface area contributed by atoms with E-state index < -0.39 is 11.7 Å². The Morgan fingerprint density at radius 1 is 1.52 bits per heavy atom. The molecule has 108 valence electrons. The first-order valence-electron chi connectivity index (χ1n) is 6.18. The van der Waals surface area contributed by atoms with E-state index in [0.717, 1.165) is 10.6 Å². The van der Waals surface area contributed by atoms with Gasteiger partial charge in [0.2, 0.25) is 0 Å². The van der Waals surface area contributed by atoms with E-state index in [1.54, 1.807) is 11.6 Å². The predicted molar refractivity (Wildman–Crippen MR) is 78.4 cm³/mol. The van der Waals surface area contributed by atoms with Gasteiger partial charge in [0.25, 0.3) is 5.91 Å². The van der Waals surface area contributed by atoms with Crippen molar-refractivity contribution in [1.82, 2.24) is 10.3 Å². The third-order valence-corrected chi connectivity index (χ3v) is 3.71. The summed E-state index contributed by atoms with van der Waals surface area (Å²) in [7, 11) is 0. The molecule has 0 fully saturated rings. The van der Waals surface area contributed by atoms with Gasteiger partial charge >= 0.3 is 0 Å². The van der Waals surface area contributed by atoms with Gasteiger partial charge in [0.15, 0.2) is 0 Å². The Bertz CT molecular complexity index is 716. The van der Waals surface area contributed by atoms with Gasteiger partial charge in [-0.25, -0.2) is 9.37 Å². The highest BCUT2D eigenvalue weighted by Gasteiger charge is 2.12. The number of aliphatic hydroxyl groups excluding tert-OH is 1. The summed E-state index contributed by atoms with van der Waals surface area (Å²) < 4.78 is 13.9. The molecule has 0 aliphatic rings. The number of aromatic nitrogens is 1. The third-order valence-electron chi connectivity index (χ3n) is 2.78. The number of carbonyl (C=O) groups is 1. The minimum Gasteiger partial charge on any atom is -0.384 e. The summed E-state index contributed by atoms with van der Waals surface area (Å²) in [6.07, 6.45) is 0. The maximum Gasteiger partial charge on any atom is 0.254 e. The van der Waals surface area contributed by atoms with Crippen LogP contribution in [-0.4, -0.2) is 22.6 Å². The van der Waals surface area contributed by atoms with Crippen molar-refractivity contribution in [1.29, 1.82) is 0 Å². The Hall–Kier alpha value is -2.23. The molecule has 0 radical (unpaired) electrons. The van der Waals surface area contributed by atoms with Gasteiger partial charge in [-0.15, -0.1) is 11.3 Å². The Morgan fingerprint density at radius 2 is 2.33 bits per heavy atom. The summed E-state index contributed by atoms with van der Waals surface area (Å²) in [6.45, 7) is 1.88. The van der Waals surface area contributed by atoms with Gasteiger partial charge in [-0.05, 0) is 25.1 Å². The SMILES string of the molecule is Cc1ncsc1CNC(=O)c1ccc(C#CCO)cc1F. The fourth-order valence-electron chi connectivity index (χ4n) is 1.67. The number of aliphatic hydroxyl groups is 1. The molecule has 0 aliphatic heterocycles. The van der Waals surface area contributed by atoms with E-state index in [9.17, 15) is 9.18 Å². The van der Waals surface area contributed by atoms with Crippen molar-refractivity contribution < 1.29 is 14.3 Å². The quantitative estimate of drug-likeness (QED) is 0.851. The lowest BCUT2D eigenvalue weighted by atomic mass is 10.1. The lowest BCUT2D eigenvalue weighted by Gasteiger charge is -2.05. The van der Waals surface area contributed by atoms with E-state index in [-0.39, 0.29) is 12.2 Å². The molecule has 1 aromatic carbocycles. The monoisotopic (exact) mass is 304 g/mol. The molecule has 0 atom stereocenters. The van der Waals surface area contributed by atoms with E-state index in [1.165, 1.54) is 23.5 Å². The molecule has 0 saturated heterocycles. The number of carbonyl (C=O) groups excluding carboxylic acids is 1. The van der Waals surface area contributed by atoms with Crippen LogP contribution in [0.15, 0.2) is 23.7 Å². The summed E-state index contributed by atoms with van der Waals surface area (Å²) in [4.78, 5) is 17.0. The molecule has 2 N–H and O–H groups in total. The maximum absolute atomic E-state index is 13.9. The van der Waals surface area contributed by atoms with Gasteiger partial charge in [-0.1, -0.05) is 11.8 Å². The Kier molecular flexibility index (Phi) is 5.04. The number of aryl methyl sites for hydroxylation is 1. The van der Waals surface area contributed by atoms with Gasteiger partial charge in [0, 0.05) is 10.4 Å². The second-order valence-electron chi connectivity index (χ2n) is 4.20. The third kappa shape index (κ3) is 3.88. The average Bonchev–Trinajstić information content (AvgIpc) is 2.88. The van der Waals surface area contributed by atoms with Crippen LogP contribution in [0.3, 0.4) is 0 Å². The Labute approximate surface area is 125 Å². The van der Waals surface area contributed by atoms with Crippen LogP contribution in [0, 0.1) is 24.6 Å². The van der Waals surface area contributed by atoms with Crippen LogP contribution in [0.4, 0.5) is 4.39 Å². The number of nitrogens with one attached hydrogen (secondary N) is 1. The van der Waals surface area contributed by atoms with E-state index in [0.29, 0.717) is 12.1 Å². The van der Waals surface area contributed by atoms with E-state index in [2.05, 4.69) is 22.1 Å². The molecule has 0 bridgehead atoms. The molecule has 1 amide bonds. The second kappa shape index (κ2) is 6.97. The fraction of sp³-hybridized carbons (Fsp3) is 0.200. The maximum atomic E-state index is 13.9. The smallest absolute Gasteiger partial charge is 0.254 e. The number of halogens is 1. The zero-order valence-corrected chi connectivity index (χ0v) is 12.1. The van der Waals surface area contributed by atoms with Gasteiger partial charge < -0.3 is 10.4 Å². The molecule has 0 unspecified atom stereocenters. The van der Waals surface area contributed by atoms with Crippen molar-refractivity contribution in [2.24, 2.45) is 0 Å². The van der Waals surface area contributed by atoms with Crippen LogP contribution in [0.2, 0.25) is 0 Å². The largest absolute Gasteiger partial charge is 0.384 e. The van der Waals surface area contributed by atoms with Crippen LogP contribution < -0.4 is 5.32 Å². The lowest BCUT2D eigenvalue weighted by Crippen LogP contribution is -2.23. The van der Waals surface area contributed by atoms with Gasteiger partial charge in [0.05, 0.1) is 23.3 Å². The highest BCUT2D eigenvalue weighted by atomic mass is 32.1. The van der Waals surface area contributed by atoms with Crippen molar-refractivity contribution in [3.05, 3.63) is 51.2 Å². The number of hydrogen-bond donors (Lipinski definition) is 2. The summed E-state index contributed by atoms with van der Waals surface area (Å²) >= 11 is 1.44. The average molecular weight is 304 g/mol. The standard InChI is InChI=1S/C15H13FN2O2S/c1-10-14(21-9-18-10)8-17-15(20)12-5-4-11(3-2-6-19)7-13(12)16/h4-5,7,9,19H,6,8H2,1H3,(H,17,20). The van der Waals surface area contributed by atoms with Crippen LogP contribution in [0.1, 0.15) is 26.5 Å². The molecular formula is C15H13FN2O2S. The second-order valence-corrected chi connectivity index (χ2v) is 5.14. The summed E-state index contributed by atoms with van der Waals surface area (Å²) in [6, 6.07) is 4.10. The molecule has 6 heteroatoms. The molecular weight excluding hydrogens is 291 g/mol. The topological polar surface area (TPSA) is 62.2 Å². The first-order chi connectivity index (χ1) is 10.1. The molecule has 0 saturated carbocycles. The van der Waals surface area contributed by atoms with Crippen molar-refractivity contribution in [3.8, 4) is 11.8 Å². The molecule has 2 aromatic rings. The number of hydrogen-bond acceptors (Lipinski definition) is 4. The highest BCUT2D eigenvalue weighted by Crippen LogP contribution is 2.13. The Morgan fingerprint density at radius 3 is 2.95 bits per heavy atom. The zero-order valence-electron chi connectivity index (χ0n) is 11.3. The fourth-order valence-corrected chi connectivity index (χ4v) is 2.39. The van der Waals surface area contributed by atoms with Crippen molar-refractivity contribution in [3.63, 3.8) is 0 Å². The van der Waals surface area contributed by atoms with Gasteiger partial charge in [-0.2, -0.15) is 0 Å². The van der Waals surface area contributed by atoms with Crippen LogP contribution >= 0.6 is 11.3 Å². The first-order valence-corrected chi connectivity index (χ1v) is 7.06. The van der Waals surface area contributed by atoms with Crippen LogP contribution in [-0.2, 0) is 6.54 Å².